The average Bonchev–Trinajstić information content (AvgIpc) is 2.52. The number of hydrogen-bond donors (Lipinski definition) is 1. The lowest BCUT2D eigenvalue weighted by molar-refractivity contribution is -0.384. The highest BCUT2D eigenvalue weighted by Crippen LogP contribution is 2.19. The Kier molecular flexibility index (Phi) is 4.88. The molecule has 1 N–H and O–H groups in total. The highest BCUT2D eigenvalue weighted by atomic mass is 16.6. The Morgan fingerprint density at radius 1 is 1.14 bits per heavy atom. The summed E-state index contributed by atoms with van der Waals surface area (Å²) in [7, 11) is 0. The quantitative estimate of drug-likeness (QED) is 0.676. The molecule has 0 aromatic heterocycles. The van der Waals surface area contributed by atoms with Gasteiger partial charge in [-0.1, -0.05) is 38.1 Å². The van der Waals surface area contributed by atoms with E-state index in [1.54, 1.807) is 0 Å². The van der Waals surface area contributed by atoms with Crippen LogP contribution in [0.3, 0.4) is 0 Å². The van der Waals surface area contributed by atoms with Gasteiger partial charge < -0.3 is 5.32 Å². The SMILES string of the molecule is CC(C)c1ccccc1CNC(=O)c1ccc([N+](=O)[O-])cc1. The Labute approximate surface area is 129 Å². The number of nitrogens with zero attached hydrogens (tertiary/aromatic N) is 1. The van der Waals surface area contributed by atoms with E-state index < -0.39 is 4.92 Å². The van der Waals surface area contributed by atoms with E-state index in [9.17, 15) is 14.9 Å². The van der Waals surface area contributed by atoms with Gasteiger partial charge in [-0.15, -0.1) is 0 Å². The minimum absolute atomic E-state index is 0.0262. The van der Waals surface area contributed by atoms with Crippen molar-refractivity contribution in [3.63, 3.8) is 0 Å². The molecule has 0 saturated heterocycles. The van der Waals surface area contributed by atoms with Gasteiger partial charge in [0.15, 0.2) is 0 Å². The Bertz CT molecular complexity index is 679. The number of nitro groups is 1. The molecule has 0 aliphatic rings. The first-order valence-corrected chi connectivity index (χ1v) is 7.09. The maximum Gasteiger partial charge on any atom is 0.269 e. The Morgan fingerprint density at radius 2 is 1.77 bits per heavy atom. The van der Waals surface area contributed by atoms with E-state index in [0.717, 1.165) is 5.56 Å². The fourth-order valence-electron chi connectivity index (χ4n) is 2.27. The number of non-ortho nitro benzene ring substituents is 1. The number of nitrogens with one attached hydrogen (secondary N) is 1. The van der Waals surface area contributed by atoms with E-state index in [-0.39, 0.29) is 11.6 Å². The van der Waals surface area contributed by atoms with Crippen LogP contribution in [0.4, 0.5) is 5.69 Å². The molecule has 2 rings (SSSR count). The van der Waals surface area contributed by atoms with Gasteiger partial charge in [0.25, 0.3) is 11.6 Å². The highest BCUT2D eigenvalue weighted by Gasteiger charge is 2.11. The van der Waals surface area contributed by atoms with E-state index >= 15 is 0 Å². The lowest BCUT2D eigenvalue weighted by atomic mass is 9.97. The molecular weight excluding hydrogens is 280 g/mol. The van der Waals surface area contributed by atoms with Crippen LogP contribution in [-0.4, -0.2) is 10.8 Å². The molecule has 0 spiro atoms. The summed E-state index contributed by atoms with van der Waals surface area (Å²) in [6.45, 7) is 4.65. The molecule has 0 aliphatic carbocycles. The predicted molar refractivity (Wildman–Crippen MR) is 84.8 cm³/mol. The zero-order chi connectivity index (χ0) is 16.1. The molecule has 5 nitrogen and oxygen atoms in total. The standard InChI is InChI=1S/C17H18N2O3/c1-12(2)16-6-4-3-5-14(16)11-18-17(20)13-7-9-15(10-8-13)19(21)22/h3-10,12H,11H2,1-2H3,(H,18,20). The Morgan fingerprint density at radius 3 is 2.36 bits per heavy atom. The largest absolute Gasteiger partial charge is 0.348 e. The molecule has 0 fully saturated rings. The monoisotopic (exact) mass is 298 g/mol. The minimum Gasteiger partial charge on any atom is -0.348 e. The number of hydrogen-bond acceptors (Lipinski definition) is 3. The molecule has 2 aromatic rings. The third kappa shape index (κ3) is 3.69. The van der Waals surface area contributed by atoms with E-state index in [4.69, 9.17) is 0 Å². The van der Waals surface area contributed by atoms with Gasteiger partial charge in [-0.2, -0.15) is 0 Å². The van der Waals surface area contributed by atoms with Crippen molar-refractivity contribution in [3.8, 4) is 0 Å². The Balaban J connectivity index is 2.05. The summed E-state index contributed by atoms with van der Waals surface area (Å²) >= 11 is 0. The van der Waals surface area contributed by atoms with Crippen molar-refractivity contribution in [1.29, 1.82) is 0 Å². The summed E-state index contributed by atoms with van der Waals surface area (Å²) in [5.41, 5.74) is 2.66. The first-order valence-electron chi connectivity index (χ1n) is 7.09. The molecule has 2 aromatic carbocycles. The molecule has 0 bridgehead atoms. The molecule has 0 heterocycles. The molecule has 1 amide bonds. The molecular formula is C17H18N2O3. The van der Waals surface area contributed by atoms with Gasteiger partial charge in [0.2, 0.25) is 0 Å². The van der Waals surface area contributed by atoms with Crippen molar-refractivity contribution in [2.75, 3.05) is 0 Å². The number of amides is 1. The van der Waals surface area contributed by atoms with Gasteiger partial charge in [0, 0.05) is 24.2 Å². The average molecular weight is 298 g/mol. The van der Waals surface area contributed by atoms with Gasteiger partial charge in [-0.05, 0) is 29.2 Å². The summed E-state index contributed by atoms with van der Waals surface area (Å²) < 4.78 is 0. The van der Waals surface area contributed by atoms with Crippen molar-refractivity contribution < 1.29 is 9.72 Å². The van der Waals surface area contributed by atoms with Gasteiger partial charge in [-0.25, -0.2) is 0 Å². The van der Waals surface area contributed by atoms with Crippen molar-refractivity contribution in [2.45, 2.75) is 26.3 Å². The first-order chi connectivity index (χ1) is 10.5. The van der Waals surface area contributed by atoms with Gasteiger partial charge >= 0.3 is 0 Å². The third-order valence-electron chi connectivity index (χ3n) is 3.46. The summed E-state index contributed by atoms with van der Waals surface area (Å²) in [5.74, 6) is 0.140. The van der Waals surface area contributed by atoms with Crippen LogP contribution >= 0.6 is 0 Å². The first kappa shape index (κ1) is 15.7. The van der Waals surface area contributed by atoms with Crippen LogP contribution in [0.15, 0.2) is 48.5 Å². The van der Waals surface area contributed by atoms with E-state index in [2.05, 4.69) is 25.2 Å². The maximum atomic E-state index is 12.1. The molecule has 5 heteroatoms. The topological polar surface area (TPSA) is 72.2 Å². The lowest BCUT2D eigenvalue weighted by Crippen LogP contribution is -2.23. The number of benzene rings is 2. The second-order valence-corrected chi connectivity index (χ2v) is 5.34. The molecule has 0 unspecified atom stereocenters. The van der Waals surface area contributed by atoms with Crippen molar-refractivity contribution in [3.05, 3.63) is 75.3 Å². The lowest BCUT2D eigenvalue weighted by Gasteiger charge is -2.13. The fraction of sp³-hybridized carbons (Fsp3) is 0.235. The van der Waals surface area contributed by atoms with Crippen molar-refractivity contribution >= 4 is 11.6 Å². The summed E-state index contributed by atoms with van der Waals surface area (Å²) in [6.07, 6.45) is 0. The van der Waals surface area contributed by atoms with Gasteiger partial charge in [-0.3, -0.25) is 14.9 Å². The van der Waals surface area contributed by atoms with Crippen LogP contribution in [0.1, 0.15) is 41.3 Å². The van der Waals surface area contributed by atoms with Crippen LogP contribution in [0.25, 0.3) is 0 Å². The molecule has 22 heavy (non-hydrogen) atoms. The van der Waals surface area contributed by atoms with Crippen LogP contribution in [0.5, 0.6) is 0 Å². The second kappa shape index (κ2) is 6.85. The third-order valence-corrected chi connectivity index (χ3v) is 3.46. The number of nitro benzene ring substituents is 1. The van der Waals surface area contributed by atoms with Crippen LogP contribution < -0.4 is 5.32 Å². The molecule has 0 radical (unpaired) electrons. The van der Waals surface area contributed by atoms with Crippen LogP contribution in [0.2, 0.25) is 0 Å². The molecule has 0 aliphatic heterocycles. The van der Waals surface area contributed by atoms with E-state index in [0.29, 0.717) is 18.0 Å². The normalized spacial score (nSPS) is 10.5. The molecule has 0 saturated carbocycles. The van der Waals surface area contributed by atoms with Crippen LogP contribution in [0, 0.1) is 10.1 Å². The molecule has 114 valence electrons. The zero-order valence-corrected chi connectivity index (χ0v) is 12.6. The van der Waals surface area contributed by atoms with Crippen molar-refractivity contribution in [2.24, 2.45) is 0 Å². The summed E-state index contributed by atoms with van der Waals surface area (Å²) in [5, 5.41) is 13.4. The van der Waals surface area contributed by atoms with E-state index in [1.165, 1.54) is 29.8 Å². The van der Waals surface area contributed by atoms with Gasteiger partial charge in [0.1, 0.15) is 0 Å². The predicted octanol–water partition coefficient (Wildman–Crippen LogP) is 3.65. The van der Waals surface area contributed by atoms with Crippen molar-refractivity contribution in [1.82, 2.24) is 5.32 Å². The number of carbonyl (C=O) groups excluding carboxylic acids is 1. The maximum absolute atomic E-state index is 12.1. The fourth-order valence-corrected chi connectivity index (χ4v) is 2.27. The highest BCUT2D eigenvalue weighted by molar-refractivity contribution is 5.94. The zero-order valence-electron chi connectivity index (χ0n) is 12.6. The van der Waals surface area contributed by atoms with E-state index in [1.807, 2.05) is 18.2 Å². The smallest absolute Gasteiger partial charge is 0.269 e. The minimum atomic E-state index is -0.486. The summed E-state index contributed by atoms with van der Waals surface area (Å²) in [6, 6.07) is 13.6. The molecule has 0 atom stereocenters. The number of carbonyl (C=O) groups is 1. The van der Waals surface area contributed by atoms with Gasteiger partial charge in [0.05, 0.1) is 4.92 Å². The van der Waals surface area contributed by atoms with Crippen LogP contribution in [-0.2, 0) is 6.54 Å². The number of rotatable bonds is 5. The Hall–Kier alpha value is -2.69. The summed E-state index contributed by atoms with van der Waals surface area (Å²) in [4.78, 5) is 22.2. The second-order valence-electron chi connectivity index (χ2n) is 5.34.